The Kier molecular flexibility index (Phi) is 2.90. The largest absolute Gasteiger partial charge is 0.388 e. The molecule has 1 aliphatic rings. The Bertz CT molecular complexity index is 320. The summed E-state index contributed by atoms with van der Waals surface area (Å²) in [5.41, 5.74) is 0. The molecule has 13 heavy (non-hydrogen) atoms. The number of sulfonamides is 1. The van der Waals surface area contributed by atoms with Crippen LogP contribution >= 0.6 is 0 Å². The zero-order chi connectivity index (χ0) is 10.1. The number of aliphatic hydroxyl groups excluding tert-OH is 1. The van der Waals surface area contributed by atoms with Gasteiger partial charge in [0.15, 0.2) is 0 Å². The quantitative estimate of drug-likeness (QED) is 0.647. The third kappa shape index (κ3) is 1.82. The lowest BCUT2D eigenvalue weighted by molar-refractivity contribution is 0.187. The first kappa shape index (κ1) is 10.4. The molecule has 74 valence electrons. The van der Waals surface area contributed by atoms with Crippen molar-refractivity contribution in [1.29, 1.82) is 0 Å². The molecule has 0 spiro atoms. The third-order valence-corrected chi connectivity index (χ3v) is 3.97. The van der Waals surface area contributed by atoms with Crippen LogP contribution in [0.3, 0.4) is 0 Å². The van der Waals surface area contributed by atoms with Crippen LogP contribution in [0.25, 0.3) is 0 Å². The molecule has 0 aromatic rings. The highest BCUT2D eigenvalue weighted by Gasteiger charge is 2.33. The lowest BCUT2D eigenvalue weighted by Gasteiger charge is -2.29. The molecule has 1 saturated heterocycles. The standard InChI is InChI=1S/C8H13NO3S/c1-3-5-9-6-4-8(10)7(2)13(9,11)12/h3,8,10H,1-2,4-6H2/t8-/m1/s1. The predicted molar refractivity (Wildman–Crippen MR) is 50.5 cm³/mol. The molecule has 4 nitrogen and oxygen atoms in total. The monoisotopic (exact) mass is 203 g/mol. The summed E-state index contributed by atoms with van der Waals surface area (Å²) in [6.07, 6.45) is 1.00. The molecular formula is C8H13NO3S. The van der Waals surface area contributed by atoms with Gasteiger partial charge in [0.25, 0.3) is 0 Å². The summed E-state index contributed by atoms with van der Waals surface area (Å²) >= 11 is 0. The lowest BCUT2D eigenvalue weighted by Crippen LogP contribution is -2.42. The Morgan fingerprint density at radius 3 is 2.85 bits per heavy atom. The van der Waals surface area contributed by atoms with Gasteiger partial charge in [0.1, 0.15) is 0 Å². The summed E-state index contributed by atoms with van der Waals surface area (Å²) in [4.78, 5) is -0.111. The van der Waals surface area contributed by atoms with E-state index in [1.165, 1.54) is 10.4 Å². The molecule has 1 heterocycles. The smallest absolute Gasteiger partial charge is 0.241 e. The second-order valence-electron chi connectivity index (χ2n) is 2.92. The average Bonchev–Trinajstić information content (AvgIpc) is 2.07. The molecule has 0 aliphatic carbocycles. The molecule has 0 radical (unpaired) electrons. The number of nitrogens with zero attached hydrogens (tertiary/aromatic N) is 1. The van der Waals surface area contributed by atoms with Gasteiger partial charge in [-0.3, -0.25) is 0 Å². The molecule has 5 heteroatoms. The summed E-state index contributed by atoms with van der Waals surface area (Å²) in [5, 5.41) is 9.27. The van der Waals surface area contributed by atoms with E-state index in [2.05, 4.69) is 13.2 Å². The van der Waals surface area contributed by atoms with Crippen LogP contribution < -0.4 is 0 Å². The van der Waals surface area contributed by atoms with E-state index in [9.17, 15) is 13.5 Å². The van der Waals surface area contributed by atoms with E-state index in [4.69, 9.17) is 0 Å². The molecule has 0 bridgehead atoms. The minimum absolute atomic E-state index is 0.111. The van der Waals surface area contributed by atoms with Crippen LogP contribution in [0, 0.1) is 0 Å². The van der Waals surface area contributed by atoms with Crippen LogP contribution in [0.1, 0.15) is 6.42 Å². The van der Waals surface area contributed by atoms with Crippen molar-refractivity contribution in [2.24, 2.45) is 0 Å². The maximum atomic E-state index is 11.5. The fraction of sp³-hybridized carbons (Fsp3) is 0.500. The number of rotatable bonds is 2. The minimum Gasteiger partial charge on any atom is -0.388 e. The van der Waals surface area contributed by atoms with Crippen molar-refractivity contribution in [3.63, 3.8) is 0 Å². The number of aliphatic hydroxyl groups is 1. The molecule has 1 atom stereocenters. The van der Waals surface area contributed by atoms with Crippen LogP contribution in [0.15, 0.2) is 24.1 Å². The SMILES string of the molecule is C=CCN1CC[C@@H](O)C(=C)S1(=O)=O. The van der Waals surface area contributed by atoms with Gasteiger partial charge >= 0.3 is 0 Å². The number of hydrogen-bond acceptors (Lipinski definition) is 3. The van der Waals surface area contributed by atoms with Gasteiger partial charge in [-0.25, -0.2) is 8.42 Å². The average molecular weight is 203 g/mol. The fourth-order valence-corrected chi connectivity index (χ4v) is 2.66. The van der Waals surface area contributed by atoms with Gasteiger partial charge in [0.2, 0.25) is 10.0 Å². The van der Waals surface area contributed by atoms with E-state index in [1.807, 2.05) is 0 Å². The Morgan fingerprint density at radius 2 is 2.31 bits per heavy atom. The Hall–Kier alpha value is -0.650. The summed E-state index contributed by atoms with van der Waals surface area (Å²) in [5.74, 6) is 0. The lowest BCUT2D eigenvalue weighted by atomic mass is 10.2. The zero-order valence-corrected chi connectivity index (χ0v) is 8.13. The number of hydrogen-bond donors (Lipinski definition) is 1. The fourth-order valence-electron chi connectivity index (χ4n) is 1.22. The van der Waals surface area contributed by atoms with E-state index < -0.39 is 16.1 Å². The summed E-state index contributed by atoms with van der Waals surface area (Å²) in [6.45, 7) is 7.43. The van der Waals surface area contributed by atoms with Gasteiger partial charge in [0.05, 0.1) is 11.0 Å². The normalized spacial score (nSPS) is 28.7. The van der Waals surface area contributed by atoms with E-state index in [-0.39, 0.29) is 11.4 Å². The van der Waals surface area contributed by atoms with Crippen LogP contribution in [-0.2, 0) is 10.0 Å². The highest BCUT2D eigenvalue weighted by molar-refractivity contribution is 7.93. The maximum Gasteiger partial charge on any atom is 0.241 e. The first-order valence-corrected chi connectivity index (χ1v) is 5.42. The van der Waals surface area contributed by atoms with Crippen molar-refractivity contribution in [3.05, 3.63) is 24.1 Å². The van der Waals surface area contributed by atoms with Crippen LogP contribution in [0.2, 0.25) is 0 Å². The van der Waals surface area contributed by atoms with Crippen molar-refractivity contribution >= 4 is 10.0 Å². The molecule has 1 rings (SSSR count). The molecule has 0 unspecified atom stereocenters. The molecule has 1 aliphatic heterocycles. The molecule has 1 fully saturated rings. The first-order valence-electron chi connectivity index (χ1n) is 3.98. The van der Waals surface area contributed by atoms with Gasteiger partial charge in [-0.05, 0) is 6.42 Å². The van der Waals surface area contributed by atoms with Crippen molar-refractivity contribution in [2.45, 2.75) is 12.5 Å². The molecule has 0 aromatic heterocycles. The maximum absolute atomic E-state index is 11.5. The molecule has 0 saturated carbocycles. The predicted octanol–water partition coefficient (Wildman–Crippen LogP) is 0.0825. The molecule has 1 N–H and O–H groups in total. The summed E-state index contributed by atoms with van der Waals surface area (Å²) in [6, 6.07) is 0. The van der Waals surface area contributed by atoms with Crippen LogP contribution in [0.5, 0.6) is 0 Å². The summed E-state index contributed by atoms with van der Waals surface area (Å²) < 4.78 is 24.3. The molecule has 0 amide bonds. The Balaban J connectivity index is 2.93. The van der Waals surface area contributed by atoms with Gasteiger partial charge in [-0.1, -0.05) is 12.7 Å². The van der Waals surface area contributed by atoms with Crippen molar-refractivity contribution in [1.82, 2.24) is 4.31 Å². The first-order chi connectivity index (χ1) is 6.00. The van der Waals surface area contributed by atoms with Gasteiger partial charge in [-0.15, -0.1) is 6.58 Å². The third-order valence-electron chi connectivity index (χ3n) is 2.03. The molecular weight excluding hydrogens is 190 g/mol. The van der Waals surface area contributed by atoms with Crippen LogP contribution in [0.4, 0.5) is 0 Å². The Morgan fingerprint density at radius 1 is 1.69 bits per heavy atom. The minimum atomic E-state index is -3.50. The van der Waals surface area contributed by atoms with E-state index in [1.54, 1.807) is 0 Å². The van der Waals surface area contributed by atoms with E-state index in [0.29, 0.717) is 13.0 Å². The van der Waals surface area contributed by atoms with Gasteiger partial charge < -0.3 is 5.11 Å². The topological polar surface area (TPSA) is 57.6 Å². The second-order valence-corrected chi connectivity index (χ2v) is 4.91. The zero-order valence-electron chi connectivity index (χ0n) is 7.31. The van der Waals surface area contributed by atoms with E-state index in [0.717, 1.165) is 0 Å². The van der Waals surface area contributed by atoms with E-state index >= 15 is 0 Å². The second kappa shape index (κ2) is 3.61. The highest BCUT2D eigenvalue weighted by atomic mass is 32.2. The van der Waals surface area contributed by atoms with Crippen LogP contribution in [-0.4, -0.2) is 37.0 Å². The van der Waals surface area contributed by atoms with Crippen molar-refractivity contribution < 1.29 is 13.5 Å². The van der Waals surface area contributed by atoms with Crippen molar-refractivity contribution in [3.8, 4) is 0 Å². The highest BCUT2D eigenvalue weighted by Crippen LogP contribution is 2.23. The van der Waals surface area contributed by atoms with Gasteiger partial charge in [-0.2, -0.15) is 4.31 Å². The molecule has 0 aromatic carbocycles. The Labute approximate surface area is 78.2 Å². The summed E-state index contributed by atoms with van der Waals surface area (Å²) in [7, 11) is -3.50. The van der Waals surface area contributed by atoms with Gasteiger partial charge in [0, 0.05) is 13.1 Å². The van der Waals surface area contributed by atoms with Crippen molar-refractivity contribution in [2.75, 3.05) is 13.1 Å².